The molecule has 0 spiro atoms. The van der Waals surface area contributed by atoms with Crippen molar-refractivity contribution in [1.29, 1.82) is 0 Å². The fraction of sp³-hybridized carbons (Fsp3) is 0.571. The van der Waals surface area contributed by atoms with Gasteiger partial charge in [-0.2, -0.15) is 4.39 Å². The largest absolute Gasteiger partial charge is 0.345 e. The second-order valence-corrected chi connectivity index (χ2v) is 5.71. The summed E-state index contributed by atoms with van der Waals surface area (Å²) in [6, 6.07) is 0. The van der Waals surface area contributed by atoms with Crippen LogP contribution in [0.3, 0.4) is 0 Å². The number of aryl methyl sites for hydroxylation is 1. The fourth-order valence-electron chi connectivity index (χ4n) is 2.75. The maximum absolute atomic E-state index is 13.6. The van der Waals surface area contributed by atoms with Gasteiger partial charge in [-0.15, -0.1) is 0 Å². The molecule has 1 aliphatic rings. The van der Waals surface area contributed by atoms with Crippen molar-refractivity contribution in [3.05, 3.63) is 24.0 Å². The van der Waals surface area contributed by atoms with Crippen LogP contribution >= 0.6 is 0 Å². The van der Waals surface area contributed by atoms with Gasteiger partial charge in [-0.25, -0.2) is 9.97 Å². The van der Waals surface area contributed by atoms with Gasteiger partial charge in [0, 0.05) is 6.20 Å². The highest BCUT2D eigenvalue weighted by atomic mass is 19.1. The van der Waals surface area contributed by atoms with E-state index in [9.17, 15) is 4.39 Å². The Balaban J connectivity index is 1.94. The highest BCUT2D eigenvalue weighted by Crippen LogP contribution is 2.29. The molecule has 2 aromatic rings. The lowest BCUT2D eigenvalue weighted by molar-refractivity contribution is -0.145. The van der Waals surface area contributed by atoms with Gasteiger partial charge >= 0.3 is 0 Å². The van der Waals surface area contributed by atoms with Crippen LogP contribution in [0, 0.1) is 12.9 Å². The molecule has 0 aromatic carbocycles. The summed E-state index contributed by atoms with van der Waals surface area (Å²) in [5.74, 6) is -1.12. The molecular weight excluding hydrogens is 261 g/mol. The molecule has 3 rings (SSSR count). The van der Waals surface area contributed by atoms with Crippen molar-refractivity contribution in [1.82, 2.24) is 14.5 Å². The molecule has 2 atom stereocenters. The average Bonchev–Trinajstić information content (AvgIpc) is 2.87. The van der Waals surface area contributed by atoms with Crippen molar-refractivity contribution >= 4 is 11.0 Å². The zero-order valence-electron chi connectivity index (χ0n) is 12.1. The van der Waals surface area contributed by atoms with E-state index in [-0.39, 0.29) is 12.2 Å². The summed E-state index contributed by atoms with van der Waals surface area (Å²) in [5.41, 5.74) is 1.96. The van der Waals surface area contributed by atoms with Crippen molar-refractivity contribution in [3.8, 4) is 0 Å². The van der Waals surface area contributed by atoms with Gasteiger partial charge in [-0.05, 0) is 33.3 Å². The van der Waals surface area contributed by atoms with Crippen LogP contribution in [0.2, 0.25) is 0 Å². The Hall–Kier alpha value is -1.53. The molecule has 20 heavy (non-hydrogen) atoms. The topological polar surface area (TPSA) is 49.2 Å². The molecule has 1 saturated heterocycles. The lowest BCUT2D eigenvalue weighted by atomic mass is 10.2. The van der Waals surface area contributed by atoms with E-state index in [2.05, 4.69) is 9.97 Å². The van der Waals surface area contributed by atoms with Gasteiger partial charge in [0.2, 0.25) is 5.95 Å². The summed E-state index contributed by atoms with van der Waals surface area (Å²) in [5, 5.41) is 0. The molecule has 1 fully saturated rings. The van der Waals surface area contributed by atoms with Gasteiger partial charge in [0.15, 0.2) is 5.79 Å². The number of hydrogen-bond donors (Lipinski definition) is 0. The van der Waals surface area contributed by atoms with E-state index in [1.54, 1.807) is 6.33 Å². The van der Waals surface area contributed by atoms with E-state index in [4.69, 9.17) is 9.47 Å². The van der Waals surface area contributed by atoms with Crippen molar-refractivity contribution in [2.24, 2.45) is 0 Å². The van der Waals surface area contributed by atoms with Crippen LogP contribution < -0.4 is 0 Å². The first kappa shape index (κ1) is 13.5. The molecule has 108 valence electrons. The standard InChI is InChI=1S/C14H18FN3O2/c1-8-5-16-13(15)11-12(8)18(7-17-11)6-10-9(2)19-14(3,4)20-10/h5,7,9-10H,6H2,1-4H3/t9-,10+/m1/s1. The van der Waals surface area contributed by atoms with Crippen molar-refractivity contribution < 1.29 is 13.9 Å². The summed E-state index contributed by atoms with van der Waals surface area (Å²) in [6.45, 7) is 8.24. The number of nitrogens with zero attached hydrogens (tertiary/aromatic N) is 3. The predicted octanol–water partition coefficient (Wildman–Crippen LogP) is 2.42. The number of imidazole rings is 1. The highest BCUT2D eigenvalue weighted by Gasteiger charge is 2.38. The number of rotatable bonds is 2. The van der Waals surface area contributed by atoms with Crippen molar-refractivity contribution in [2.45, 2.75) is 52.2 Å². The zero-order valence-corrected chi connectivity index (χ0v) is 12.1. The maximum atomic E-state index is 13.6. The monoisotopic (exact) mass is 279 g/mol. The van der Waals surface area contributed by atoms with E-state index < -0.39 is 11.7 Å². The molecule has 0 unspecified atom stereocenters. The SMILES string of the molecule is Cc1cnc(F)c2ncn(C[C@@H]3OC(C)(C)O[C@@H]3C)c12. The molecule has 0 saturated carbocycles. The molecule has 0 radical (unpaired) electrons. The summed E-state index contributed by atoms with van der Waals surface area (Å²) in [4.78, 5) is 7.80. The van der Waals surface area contributed by atoms with Crippen LogP contribution in [0.1, 0.15) is 26.3 Å². The number of hydrogen-bond acceptors (Lipinski definition) is 4. The number of pyridine rings is 1. The lowest BCUT2D eigenvalue weighted by Crippen LogP contribution is -2.25. The second-order valence-electron chi connectivity index (χ2n) is 5.71. The summed E-state index contributed by atoms with van der Waals surface area (Å²) in [7, 11) is 0. The van der Waals surface area contributed by atoms with E-state index >= 15 is 0 Å². The van der Waals surface area contributed by atoms with E-state index in [1.807, 2.05) is 32.3 Å². The quantitative estimate of drug-likeness (QED) is 0.792. The van der Waals surface area contributed by atoms with Gasteiger partial charge in [0.25, 0.3) is 0 Å². The van der Waals surface area contributed by atoms with E-state index in [0.717, 1.165) is 11.1 Å². The van der Waals surface area contributed by atoms with Gasteiger partial charge in [-0.1, -0.05) is 0 Å². The predicted molar refractivity (Wildman–Crippen MR) is 71.7 cm³/mol. The molecule has 5 nitrogen and oxygen atoms in total. The molecule has 0 aliphatic carbocycles. The Bertz CT molecular complexity index is 653. The van der Waals surface area contributed by atoms with Crippen LogP contribution in [0.5, 0.6) is 0 Å². The van der Waals surface area contributed by atoms with E-state index in [1.165, 1.54) is 6.20 Å². The minimum Gasteiger partial charge on any atom is -0.345 e. The van der Waals surface area contributed by atoms with Crippen LogP contribution in [0.25, 0.3) is 11.0 Å². The molecule has 0 N–H and O–H groups in total. The normalized spacial score (nSPS) is 25.4. The molecule has 0 amide bonds. The lowest BCUT2D eigenvalue weighted by Gasteiger charge is -2.17. The van der Waals surface area contributed by atoms with Gasteiger partial charge in [-0.3, -0.25) is 0 Å². The Labute approximate surface area is 116 Å². The summed E-state index contributed by atoms with van der Waals surface area (Å²) in [6.07, 6.45) is 3.05. The van der Waals surface area contributed by atoms with Crippen molar-refractivity contribution in [2.75, 3.05) is 0 Å². The number of ether oxygens (including phenoxy) is 2. The maximum Gasteiger partial charge on any atom is 0.240 e. The van der Waals surface area contributed by atoms with Gasteiger partial charge in [0.05, 0.1) is 24.5 Å². The Kier molecular flexibility index (Phi) is 3.02. The third kappa shape index (κ3) is 2.19. The first-order chi connectivity index (χ1) is 9.37. The van der Waals surface area contributed by atoms with Crippen LogP contribution in [0.4, 0.5) is 4.39 Å². The minimum absolute atomic E-state index is 0.0190. The van der Waals surface area contributed by atoms with Gasteiger partial charge in [0.1, 0.15) is 11.6 Å². The molecule has 1 aliphatic heterocycles. The van der Waals surface area contributed by atoms with E-state index in [0.29, 0.717) is 12.1 Å². The summed E-state index contributed by atoms with van der Waals surface area (Å²) >= 11 is 0. The smallest absolute Gasteiger partial charge is 0.240 e. The van der Waals surface area contributed by atoms with Crippen LogP contribution in [-0.2, 0) is 16.0 Å². The average molecular weight is 279 g/mol. The Morgan fingerprint density at radius 3 is 2.75 bits per heavy atom. The minimum atomic E-state index is -0.581. The fourth-order valence-corrected chi connectivity index (χ4v) is 2.75. The second kappa shape index (κ2) is 4.49. The first-order valence-electron chi connectivity index (χ1n) is 6.69. The number of aromatic nitrogens is 3. The number of fused-ring (bicyclic) bond motifs is 1. The molecule has 6 heteroatoms. The molecular formula is C14H18FN3O2. The Morgan fingerprint density at radius 2 is 2.10 bits per heavy atom. The highest BCUT2D eigenvalue weighted by molar-refractivity contribution is 5.78. The molecule has 3 heterocycles. The first-order valence-corrected chi connectivity index (χ1v) is 6.69. The summed E-state index contributed by atoms with van der Waals surface area (Å²) < 4.78 is 27.2. The van der Waals surface area contributed by atoms with Crippen LogP contribution in [0.15, 0.2) is 12.5 Å². The molecule has 0 bridgehead atoms. The molecule has 2 aromatic heterocycles. The number of halogens is 1. The van der Waals surface area contributed by atoms with Crippen LogP contribution in [-0.4, -0.2) is 32.5 Å². The van der Waals surface area contributed by atoms with Crippen molar-refractivity contribution in [3.63, 3.8) is 0 Å². The third-order valence-electron chi connectivity index (χ3n) is 3.58. The van der Waals surface area contributed by atoms with Gasteiger partial charge < -0.3 is 14.0 Å². The zero-order chi connectivity index (χ0) is 14.5. The Morgan fingerprint density at radius 1 is 1.35 bits per heavy atom. The third-order valence-corrected chi connectivity index (χ3v) is 3.58.